The Labute approximate surface area is 136 Å². The molecule has 1 aliphatic rings. The zero-order chi connectivity index (χ0) is 15.6. The highest BCUT2D eigenvalue weighted by molar-refractivity contribution is 8.00. The second-order valence-electron chi connectivity index (χ2n) is 5.75. The van der Waals surface area contributed by atoms with Gasteiger partial charge in [-0.1, -0.05) is 20.8 Å². The zero-order valence-corrected chi connectivity index (χ0v) is 15.5. The van der Waals surface area contributed by atoms with Crippen molar-refractivity contribution in [2.24, 2.45) is 0 Å². The summed E-state index contributed by atoms with van der Waals surface area (Å²) >= 11 is 3.24. The molecule has 1 fully saturated rings. The van der Waals surface area contributed by atoms with Crippen molar-refractivity contribution in [2.45, 2.75) is 49.7 Å². The van der Waals surface area contributed by atoms with Crippen LogP contribution in [-0.4, -0.2) is 42.9 Å². The Morgan fingerprint density at radius 2 is 2.19 bits per heavy atom. The van der Waals surface area contributed by atoms with Crippen molar-refractivity contribution in [3.63, 3.8) is 0 Å². The molecule has 2 heterocycles. The SMILES string of the molecule is Cc1cc(S(=O)(=O)N2CCSC(C)C2)sc1CNC(C)C. The minimum Gasteiger partial charge on any atom is -0.310 e. The van der Waals surface area contributed by atoms with Gasteiger partial charge in [0.15, 0.2) is 0 Å². The molecule has 21 heavy (non-hydrogen) atoms. The monoisotopic (exact) mass is 348 g/mol. The topological polar surface area (TPSA) is 49.4 Å². The van der Waals surface area contributed by atoms with Crippen molar-refractivity contribution < 1.29 is 8.42 Å². The number of nitrogens with one attached hydrogen (secondary N) is 1. The van der Waals surface area contributed by atoms with Gasteiger partial charge in [0.1, 0.15) is 4.21 Å². The van der Waals surface area contributed by atoms with Crippen LogP contribution in [0.1, 0.15) is 31.2 Å². The van der Waals surface area contributed by atoms with Gasteiger partial charge in [-0.2, -0.15) is 16.1 Å². The van der Waals surface area contributed by atoms with Crippen LogP contribution in [0.4, 0.5) is 0 Å². The fraction of sp³-hybridized carbons (Fsp3) is 0.714. The number of thiophene rings is 1. The Bertz CT molecular complexity index is 581. The summed E-state index contributed by atoms with van der Waals surface area (Å²) in [5, 5.41) is 3.72. The van der Waals surface area contributed by atoms with Crippen molar-refractivity contribution in [3.05, 3.63) is 16.5 Å². The van der Waals surface area contributed by atoms with E-state index < -0.39 is 10.0 Å². The van der Waals surface area contributed by atoms with E-state index in [0.29, 0.717) is 28.6 Å². The van der Waals surface area contributed by atoms with Crippen molar-refractivity contribution in [3.8, 4) is 0 Å². The van der Waals surface area contributed by atoms with Gasteiger partial charge in [-0.25, -0.2) is 8.42 Å². The molecule has 2 rings (SSSR count). The molecule has 1 aromatic heterocycles. The molecule has 1 aromatic rings. The van der Waals surface area contributed by atoms with Crippen LogP contribution in [0.2, 0.25) is 0 Å². The van der Waals surface area contributed by atoms with Crippen molar-refractivity contribution >= 4 is 33.1 Å². The maximum Gasteiger partial charge on any atom is 0.252 e. The maximum atomic E-state index is 12.7. The number of thioether (sulfide) groups is 1. The molecule has 0 amide bonds. The summed E-state index contributed by atoms with van der Waals surface area (Å²) in [6.07, 6.45) is 0. The predicted molar refractivity (Wildman–Crippen MR) is 91.7 cm³/mol. The van der Waals surface area contributed by atoms with E-state index in [9.17, 15) is 8.42 Å². The third-order valence-corrected chi connectivity index (χ3v) is 8.15. The van der Waals surface area contributed by atoms with Crippen LogP contribution >= 0.6 is 23.1 Å². The second-order valence-corrected chi connectivity index (χ2v) is 10.6. The Hall–Kier alpha value is -0.0800. The first-order valence-corrected chi connectivity index (χ1v) is 10.6. The summed E-state index contributed by atoms with van der Waals surface area (Å²) in [7, 11) is -3.32. The van der Waals surface area contributed by atoms with E-state index in [1.165, 1.54) is 11.3 Å². The second kappa shape index (κ2) is 7.00. The molecule has 0 bridgehead atoms. The lowest BCUT2D eigenvalue weighted by molar-refractivity contribution is 0.425. The molecule has 0 spiro atoms. The van der Waals surface area contributed by atoms with Crippen LogP contribution < -0.4 is 5.32 Å². The van der Waals surface area contributed by atoms with Gasteiger partial charge in [-0.3, -0.25) is 0 Å². The first-order valence-electron chi connectivity index (χ1n) is 7.25. The summed E-state index contributed by atoms with van der Waals surface area (Å²) in [6.45, 7) is 10.2. The Kier molecular flexibility index (Phi) is 5.76. The van der Waals surface area contributed by atoms with Crippen LogP contribution in [0.15, 0.2) is 10.3 Å². The van der Waals surface area contributed by atoms with E-state index in [2.05, 4.69) is 26.1 Å². The highest BCUT2D eigenvalue weighted by atomic mass is 32.2. The van der Waals surface area contributed by atoms with Crippen molar-refractivity contribution in [1.29, 1.82) is 0 Å². The van der Waals surface area contributed by atoms with E-state index in [-0.39, 0.29) is 0 Å². The molecule has 1 atom stereocenters. The smallest absolute Gasteiger partial charge is 0.252 e. The summed E-state index contributed by atoms with van der Waals surface area (Å²) in [5.74, 6) is 0.881. The third-order valence-electron chi connectivity index (χ3n) is 3.47. The molecule has 0 radical (unpaired) electrons. The molecular formula is C14H24N2O2S3. The molecular weight excluding hydrogens is 324 g/mol. The van der Waals surface area contributed by atoms with Crippen LogP contribution in [0.25, 0.3) is 0 Å². The van der Waals surface area contributed by atoms with Crippen molar-refractivity contribution in [2.75, 3.05) is 18.8 Å². The van der Waals surface area contributed by atoms with Crippen molar-refractivity contribution in [1.82, 2.24) is 9.62 Å². The lowest BCUT2D eigenvalue weighted by Crippen LogP contribution is -2.40. The molecule has 0 aromatic carbocycles. The van der Waals surface area contributed by atoms with Gasteiger partial charge in [0.2, 0.25) is 0 Å². The number of nitrogens with zero attached hydrogens (tertiary/aromatic N) is 1. The normalized spacial score (nSPS) is 21.1. The molecule has 1 saturated heterocycles. The first-order chi connectivity index (χ1) is 9.80. The van der Waals surface area contributed by atoms with Crippen LogP contribution in [0.3, 0.4) is 0 Å². The summed E-state index contributed by atoms with van der Waals surface area (Å²) in [6, 6.07) is 2.22. The number of hydrogen-bond donors (Lipinski definition) is 1. The lowest BCUT2D eigenvalue weighted by Gasteiger charge is -2.29. The van der Waals surface area contributed by atoms with Gasteiger partial charge >= 0.3 is 0 Å². The zero-order valence-electron chi connectivity index (χ0n) is 13.0. The standard InChI is InChI=1S/C14H24N2O2S3/c1-10(2)15-8-13-11(3)7-14(20-13)21(17,18)16-5-6-19-12(4)9-16/h7,10,12,15H,5-6,8-9H2,1-4H3. The van der Waals surface area contributed by atoms with Gasteiger partial charge < -0.3 is 5.32 Å². The molecule has 1 unspecified atom stereocenters. The quantitative estimate of drug-likeness (QED) is 0.889. The average Bonchev–Trinajstić information content (AvgIpc) is 2.78. The number of hydrogen-bond acceptors (Lipinski definition) is 5. The van der Waals surface area contributed by atoms with Gasteiger partial charge in [0.05, 0.1) is 0 Å². The number of aryl methyl sites for hydroxylation is 1. The van der Waals surface area contributed by atoms with E-state index in [0.717, 1.165) is 22.7 Å². The van der Waals surface area contributed by atoms with Gasteiger partial charge in [0, 0.05) is 41.6 Å². The number of sulfonamides is 1. The summed E-state index contributed by atoms with van der Waals surface area (Å²) < 4.78 is 27.6. The average molecular weight is 349 g/mol. The highest BCUT2D eigenvalue weighted by Gasteiger charge is 2.30. The number of rotatable bonds is 5. The highest BCUT2D eigenvalue weighted by Crippen LogP contribution is 2.31. The molecule has 120 valence electrons. The molecule has 1 N–H and O–H groups in total. The van der Waals surface area contributed by atoms with Gasteiger partial charge in [-0.15, -0.1) is 11.3 Å². The van der Waals surface area contributed by atoms with Crippen LogP contribution in [0, 0.1) is 6.92 Å². The summed E-state index contributed by atoms with van der Waals surface area (Å²) in [4.78, 5) is 1.11. The molecule has 0 aliphatic carbocycles. The fourth-order valence-corrected chi connectivity index (χ4v) is 6.67. The van der Waals surface area contributed by atoms with E-state index >= 15 is 0 Å². The minimum atomic E-state index is -3.32. The predicted octanol–water partition coefficient (Wildman–Crippen LogP) is 2.68. The first kappa shape index (κ1) is 17.3. The molecule has 4 nitrogen and oxygen atoms in total. The van der Waals surface area contributed by atoms with Gasteiger partial charge in [-0.05, 0) is 18.6 Å². The van der Waals surface area contributed by atoms with Crippen LogP contribution in [0.5, 0.6) is 0 Å². The molecule has 1 aliphatic heterocycles. The fourth-order valence-electron chi connectivity index (χ4n) is 2.22. The van der Waals surface area contributed by atoms with E-state index in [1.54, 1.807) is 4.31 Å². The lowest BCUT2D eigenvalue weighted by atomic mass is 10.3. The minimum absolute atomic E-state index is 0.372. The summed E-state index contributed by atoms with van der Waals surface area (Å²) in [5.41, 5.74) is 1.06. The Morgan fingerprint density at radius 3 is 2.81 bits per heavy atom. The Morgan fingerprint density at radius 1 is 1.48 bits per heavy atom. The molecule has 7 heteroatoms. The van der Waals surface area contributed by atoms with Crippen LogP contribution in [-0.2, 0) is 16.6 Å². The Balaban J connectivity index is 2.18. The van der Waals surface area contributed by atoms with E-state index in [4.69, 9.17) is 0 Å². The maximum absolute atomic E-state index is 12.7. The van der Waals surface area contributed by atoms with Gasteiger partial charge in [0.25, 0.3) is 10.0 Å². The molecule has 0 saturated carbocycles. The van der Waals surface area contributed by atoms with E-state index in [1.807, 2.05) is 24.8 Å². The third kappa shape index (κ3) is 4.22. The largest absolute Gasteiger partial charge is 0.310 e.